The normalized spacial score (nSPS) is 19.8. The van der Waals surface area contributed by atoms with Crippen molar-refractivity contribution in [1.29, 1.82) is 0 Å². The van der Waals surface area contributed by atoms with E-state index in [4.69, 9.17) is 9.52 Å². The van der Waals surface area contributed by atoms with Crippen molar-refractivity contribution in [3.8, 4) is 0 Å². The van der Waals surface area contributed by atoms with Gasteiger partial charge in [-0.25, -0.2) is 4.79 Å². The number of carboxylic acids is 1. The van der Waals surface area contributed by atoms with Crippen LogP contribution in [-0.4, -0.2) is 41.5 Å². The Bertz CT molecular complexity index is 483. The molecule has 0 bridgehead atoms. The summed E-state index contributed by atoms with van der Waals surface area (Å²) >= 11 is 0. The molecule has 1 amide bonds. The summed E-state index contributed by atoms with van der Waals surface area (Å²) in [5, 5.41) is 11.5. The van der Waals surface area contributed by atoms with Crippen molar-refractivity contribution < 1.29 is 19.1 Å². The summed E-state index contributed by atoms with van der Waals surface area (Å²) in [4.78, 5) is 24.6. The number of hydrogen-bond acceptors (Lipinski definition) is 4. The Labute approximate surface area is 117 Å². The first-order chi connectivity index (χ1) is 9.54. The van der Waals surface area contributed by atoms with Gasteiger partial charge in [-0.2, -0.15) is 0 Å². The number of carbonyl (C=O) groups is 2. The fourth-order valence-corrected chi connectivity index (χ4v) is 2.46. The molecule has 2 rings (SSSR count). The molecular formula is C14H20N2O4. The highest BCUT2D eigenvalue weighted by Gasteiger charge is 2.18. The molecule has 1 unspecified atom stereocenters. The van der Waals surface area contributed by atoms with E-state index in [1.807, 2.05) is 0 Å². The van der Waals surface area contributed by atoms with Crippen LogP contribution in [-0.2, 0) is 11.3 Å². The summed E-state index contributed by atoms with van der Waals surface area (Å²) in [5.41, 5.74) is 0. The Morgan fingerprint density at radius 2 is 2.30 bits per heavy atom. The van der Waals surface area contributed by atoms with Crippen molar-refractivity contribution in [2.45, 2.75) is 26.3 Å². The molecule has 1 fully saturated rings. The second-order valence-electron chi connectivity index (χ2n) is 5.33. The van der Waals surface area contributed by atoms with E-state index >= 15 is 0 Å². The number of hydrogen-bond donors (Lipinski definition) is 2. The van der Waals surface area contributed by atoms with Gasteiger partial charge in [0.25, 0.3) is 0 Å². The number of likely N-dealkylation sites (tertiary alicyclic amines) is 1. The molecule has 0 saturated carbocycles. The Morgan fingerprint density at radius 1 is 1.50 bits per heavy atom. The first-order valence-electron chi connectivity index (χ1n) is 6.85. The summed E-state index contributed by atoms with van der Waals surface area (Å²) in [5.74, 6) is -0.195. The van der Waals surface area contributed by atoms with Crippen LogP contribution in [0.3, 0.4) is 0 Å². The molecule has 0 radical (unpaired) electrons. The molecule has 0 aliphatic carbocycles. The summed E-state index contributed by atoms with van der Waals surface area (Å²) in [6, 6.07) is 2.95. The molecule has 6 heteroatoms. The van der Waals surface area contributed by atoms with Crippen molar-refractivity contribution in [2.24, 2.45) is 5.92 Å². The lowest BCUT2D eigenvalue weighted by Crippen LogP contribution is -2.41. The lowest BCUT2D eigenvalue weighted by Gasteiger charge is -2.30. The van der Waals surface area contributed by atoms with Crippen LogP contribution in [0.15, 0.2) is 16.5 Å². The van der Waals surface area contributed by atoms with E-state index in [9.17, 15) is 9.59 Å². The van der Waals surface area contributed by atoms with Crippen molar-refractivity contribution >= 4 is 11.9 Å². The molecule has 1 aliphatic rings. The van der Waals surface area contributed by atoms with Crippen LogP contribution >= 0.6 is 0 Å². The number of rotatable bonds is 5. The van der Waals surface area contributed by atoms with Gasteiger partial charge < -0.3 is 14.8 Å². The van der Waals surface area contributed by atoms with Gasteiger partial charge in [0.2, 0.25) is 11.7 Å². The van der Waals surface area contributed by atoms with E-state index in [0.29, 0.717) is 18.2 Å². The molecule has 1 atom stereocenters. The molecule has 0 aromatic carbocycles. The number of nitrogens with zero attached hydrogens (tertiary/aromatic N) is 1. The molecule has 2 heterocycles. The Hall–Kier alpha value is -1.82. The number of amides is 1. The summed E-state index contributed by atoms with van der Waals surface area (Å²) in [6.45, 7) is 4.71. The Balaban J connectivity index is 1.75. The molecule has 110 valence electrons. The highest BCUT2D eigenvalue weighted by atomic mass is 16.4. The SMILES string of the molecule is CC1CCCN(CC(=O)NCc2ccc(C(=O)O)o2)C1. The lowest BCUT2D eigenvalue weighted by molar-refractivity contribution is -0.122. The fraction of sp³-hybridized carbons (Fsp3) is 0.571. The van der Waals surface area contributed by atoms with Gasteiger partial charge in [0.05, 0.1) is 13.1 Å². The minimum atomic E-state index is -1.11. The molecule has 1 aromatic heterocycles. The van der Waals surface area contributed by atoms with E-state index in [0.717, 1.165) is 19.5 Å². The van der Waals surface area contributed by atoms with Gasteiger partial charge in [-0.3, -0.25) is 9.69 Å². The first kappa shape index (κ1) is 14.6. The second kappa shape index (κ2) is 6.56. The number of furan rings is 1. The van der Waals surface area contributed by atoms with Crippen LogP contribution in [0.2, 0.25) is 0 Å². The second-order valence-corrected chi connectivity index (χ2v) is 5.33. The molecule has 0 spiro atoms. The predicted octanol–water partition coefficient (Wildman–Crippen LogP) is 1.33. The average Bonchev–Trinajstić information content (AvgIpc) is 2.85. The van der Waals surface area contributed by atoms with Gasteiger partial charge in [0.15, 0.2) is 0 Å². The van der Waals surface area contributed by atoms with Gasteiger partial charge in [0, 0.05) is 6.54 Å². The minimum Gasteiger partial charge on any atom is -0.475 e. The van der Waals surface area contributed by atoms with Gasteiger partial charge in [-0.15, -0.1) is 0 Å². The van der Waals surface area contributed by atoms with Crippen LogP contribution in [0, 0.1) is 5.92 Å². The van der Waals surface area contributed by atoms with Crippen molar-refractivity contribution in [2.75, 3.05) is 19.6 Å². The molecule has 20 heavy (non-hydrogen) atoms. The van der Waals surface area contributed by atoms with Crippen LogP contribution in [0.4, 0.5) is 0 Å². The van der Waals surface area contributed by atoms with Gasteiger partial charge in [-0.1, -0.05) is 6.92 Å². The molecule has 1 saturated heterocycles. The number of carbonyl (C=O) groups excluding carboxylic acids is 1. The van der Waals surface area contributed by atoms with Crippen molar-refractivity contribution in [3.63, 3.8) is 0 Å². The van der Waals surface area contributed by atoms with E-state index in [1.165, 1.54) is 12.5 Å². The number of carboxylic acid groups (broad SMARTS) is 1. The smallest absolute Gasteiger partial charge is 0.371 e. The quantitative estimate of drug-likeness (QED) is 0.850. The van der Waals surface area contributed by atoms with Gasteiger partial charge in [-0.05, 0) is 37.4 Å². The fourth-order valence-electron chi connectivity index (χ4n) is 2.46. The van der Waals surface area contributed by atoms with E-state index in [-0.39, 0.29) is 18.2 Å². The summed E-state index contributed by atoms with van der Waals surface area (Å²) < 4.78 is 5.07. The minimum absolute atomic E-state index is 0.0626. The third-order valence-electron chi connectivity index (χ3n) is 3.44. The molecule has 1 aliphatic heterocycles. The molecular weight excluding hydrogens is 260 g/mol. The first-order valence-corrected chi connectivity index (χ1v) is 6.85. The molecule has 2 N–H and O–H groups in total. The van der Waals surface area contributed by atoms with Crippen molar-refractivity contribution in [3.05, 3.63) is 23.7 Å². The monoisotopic (exact) mass is 280 g/mol. The van der Waals surface area contributed by atoms with Gasteiger partial charge >= 0.3 is 5.97 Å². The lowest BCUT2D eigenvalue weighted by atomic mass is 10.0. The highest BCUT2D eigenvalue weighted by Crippen LogP contribution is 2.14. The Kier molecular flexibility index (Phi) is 4.79. The zero-order valence-electron chi connectivity index (χ0n) is 11.6. The van der Waals surface area contributed by atoms with Crippen LogP contribution in [0.25, 0.3) is 0 Å². The molecule has 6 nitrogen and oxygen atoms in total. The van der Waals surface area contributed by atoms with Crippen LogP contribution in [0.5, 0.6) is 0 Å². The van der Waals surface area contributed by atoms with E-state index in [2.05, 4.69) is 17.1 Å². The van der Waals surface area contributed by atoms with Crippen LogP contribution in [0.1, 0.15) is 36.1 Å². The highest BCUT2D eigenvalue weighted by molar-refractivity contribution is 5.84. The predicted molar refractivity (Wildman–Crippen MR) is 72.4 cm³/mol. The standard InChI is InChI=1S/C14H20N2O4/c1-10-3-2-6-16(8-10)9-13(17)15-7-11-4-5-12(20-11)14(18)19/h4-5,10H,2-3,6-9H2,1H3,(H,15,17)(H,18,19). The summed E-state index contributed by atoms with van der Waals surface area (Å²) in [6.07, 6.45) is 2.36. The van der Waals surface area contributed by atoms with E-state index < -0.39 is 5.97 Å². The number of aromatic carboxylic acids is 1. The molecule has 1 aromatic rings. The van der Waals surface area contributed by atoms with E-state index in [1.54, 1.807) is 6.07 Å². The topological polar surface area (TPSA) is 82.8 Å². The van der Waals surface area contributed by atoms with Crippen molar-refractivity contribution in [1.82, 2.24) is 10.2 Å². The maximum absolute atomic E-state index is 11.8. The largest absolute Gasteiger partial charge is 0.475 e. The average molecular weight is 280 g/mol. The maximum Gasteiger partial charge on any atom is 0.371 e. The zero-order chi connectivity index (χ0) is 14.5. The third-order valence-corrected chi connectivity index (χ3v) is 3.44. The maximum atomic E-state index is 11.8. The third kappa shape index (κ3) is 4.09. The number of piperidine rings is 1. The van der Waals surface area contributed by atoms with Crippen LogP contribution < -0.4 is 5.32 Å². The number of nitrogens with one attached hydrogen (secondary N) is 1. The summed E-state index contributed by atoms with van der Waals surface area (Å²) in [7, 11) is 0. The zero-order valence-corrected chi connectivity index (χ0v) is 11.6. The Morgan fingerprint density at radius 3 is 2.95 bits per heavy atom. The van der Waals surface area contributed by atoms with Gasteiger partial charge in [0.1, 0.15) is 5.76 Å².